The van der Waals surface area contributed by atoms with Crippen LogP contribution in [-0.4, -0.2) is 53.9 Å². The van der Waals surface area contributed by atoms with Gasteiger partial charge in [-0.05, 0) is 15.9 Å². The van der Waals surface area contributed by atoms with E-state index in [-0.39, 0.29) is 9.63 Å². The first-order chi connectivity index (χ1) is 7.53. The molecule has 9 heteroatoms. The normalized spacial score (nSPS) is 18.9. The summed E-state index contributed by atoms with van der Waals surface area (Å²) in [5.74, 6) is 0. The van der Waals surface area contributed by atoms with Gasteiger partial charge in [0.15, 0.2) is 4.60 Å². The zero-order chi connectivity index (χ0) is 11.8. The molecular weight excluding hydrogens is 298 g/mol. The minimum Gasteiger partial charge on any atom is -0.314 e. The molecule has 1 aliphatic rings. The van der Waals surface area contributed by atoms with E-state index in [1.54, 1.807) is 7.05 Å². The quantitative estimate of drug-likeness (QED) is 0.771. The Balaban J connectivity index is 2.38. The van der Waals surface area contributed by atoms with Crippen LogP contribution in [-0.2, 0) is 17.1 Å². The van der Waals surface area contributed by atoms with Crippen molar-refractivity contribution < 1.29 is 8.42 Å². The number of nitrogens with zero attached hydrogens (tertiary/aromatic N) is 4. The van der Waals surface area contributed by atoms with Crippen molar-refractivity contribution in [3.8, 4) is 0 Å². The predicted octanol–water partition coefficient (Wildman–Crippen LogP) is -0.829. The highest BCUT2D eigenvalue weighted by molar-refractivity contribution is 9.10. The first kappa shape index (κ1) is 12.0. The van der Waals surface area contributed by atoms with Crippen molar-refractivity contribution in [1.82, 2.24) is 24.6 Å². The van der Waals surface area contributed by atoms with Crippen LogP contribution < -0.4 is 5.32 Å². The van der Waals surface area contributed by atoms with Crippen LogP contribution in [0.2, 0.25) is 0 Å². The lowest BCUT2D eigenvalue weighted by atomic mass is 10.4. The number of sulfonamides is 1. The zero-order valence-corrected chi connectivity index (χ0v) is 11.1. The molecule has 0 spiro atoms. The Morgan fingerprint density at radius 3 is 2.50 bits per heavy atom. The number of hydrogen-bond donors (Lipinski definition) is 1. The zero-order valence-electron chi connectivity index (χ0n) is 8.72. The van der Waals surface area contributed by atoms with Gasteiger partial charge in [0.25, 0.3) is 10.0 Å². The fraction of sp³-hybridized carbons (Fsp3) is 0.714. The van der Waals surface area contributed by atoms with Crippen LogP contribution >= 0.6 is 15.9 Å². The van der Waals surface area contributed by atoms with Gasteiger partial charge in [0.1, 0.15) is 0 Å². The molecule has 0 radical (unpaired) electrons. The van der Waals surface area contributed by atoms with Crippen LogP contribution in [0.15, 0.2) is 9.63 Å². The molecule has 0 bridgehead atoms. The summed E-state index contributed by atoms with van der Waals surface area (Å²) in [6.45, 7) is 2.28. The third-order valence-corrected chi connectivity index (χ3v) is 5.19. The first-order valence-electron chi connectivity index (χ1n) is 4.79. The average Bonchev–Trinajstić information content (AvgIpc) is 2.60. The Morgan fingerprint density at radius 1 is 1.38 bits per heavy atom. The molecule has 2 heterocycles. The second-order valence-corrected chi connectivity index (χ2v) is 6.07. The molecule has 1 saturated heterocycles. The van der Waals surface area contributed by atoms with E-state index < -0.39 is 10.0 Å². The van der Waals surface area contributed by atoms with E-state index in [9.17, 15) is 8.42 Å². The van der Waals surface area contributed by atoms with Crippen molar-refractivity contribution in [3.63, 3.8) is 0 Å². The van der Waals surface area contributed by atoms with Crippen molar-refractivity contribution in [2.45, 2.75) is 5.03 Å². The van der Waals surface area contributed by atoms with Crippen LogP contribution in [0.25, 0.3) is 0 Å². The van der Waals surface area contributed by atoms with Crippen LogP contribution in [0.3, 0.4) is 0 Å². The summed E-state index contributed by atoms with van der Waals surface area (Å²) >= 11 is 3.10. The largest absolute Gasteiger partial charge is 0.314 e. The van der Waals surface area contributed by atoms with Gasteiger partial charge in [0, 0.05) is 33.2 Å². The molecule has 1 aromatic heterocycles. The molecule has 0 amide bonds. The Kier molecular flexibility index (Phi) is 3.29. The molecular formula is C7H12BrN5O2S. The van der Waals surface area contributed by atoms with Gasteiger partial charge in [-0.3, -0.25) is 0 Å². The number of halogens is 1. The number of piperazine rings is 1. The van der Waals surface area contributed by atoms with E-state index in [1.807, 2.05) is 0 Å². The number of nitrogens with one attached hydrogen (secondary N) is 1. The maximum Gasteiger partial charge on any atom is 0.263 e. The molecule has 7 nitrogen and oxygen atoms in total. The standard InChI is InChI=1S/C7H12BrN5O2S/c1-12-7(6(8)10-11-12)16(14,15)13-4-2-9-3-5-13/h9H,2-5H2,1H3. The molecule has 0 saturated carbocycles. The summed E-state index contributed by atoms with van der Waals surface area (Å²) in [6, 6.07) is 0. The molecule has 0 atom stereocenters. The van der Waals surface area contributed by atoms with Gasteiger partial charge in [0.05, 0.1) is 0 Å². The highest BCUT2D eigenvalue weighted by Gasteiger charge is 2.31. The van der Waals surface area contributed by atoms with E-state index in [0.717, 1.165) is 0 Å². The van der Waals surface area contributed by atoms with Crippen molar-refractivity contribution in [2.24, 2.45) is 7.05 Å². The van der Waals surface area contributed by atoms with Crippen LogP contribution in [0.1, 0.15) is 0 Å². The number of aryl methyl sites for hydroxylation is 1. The summed E-state index contributed by atoms with van der Waals surface area (Å²) < 4.78 is 27.5. The lowest BCUT2D eigenvalue weighted by Gasteiger charge is -2.26. The van der Waals surface area contributed by atoms with Gasteiger partial charge in [-0.1, -0.05) is 5.21 Å². The van der Waals surface area contributed by atoms with Crippen molar-refractivity contribution in [2.75, 3.05) is 26.2 Å². The van der Waals surface area contributed by atoms with E-state index in [2.05, 4.69) is 31.6 Å². The SMILES string of the molecule is Cn1nnc(Br)c1S(=O)(=O)N1CCNCC1. The third kappa shape index (κ3) is 1.99. The van der Waals surface area contributed by atoms with E-state index in [1.165, 1.54) is 8.99 Å². The molecule has 1 fully saturated rings. The van der Waals surface area contributed by atoms with E-state index >= 15 is 0 Å². The second kappa shape index (κ2) is 4.40. The highest BCUT2D eigenvalue weighted by atomic mass is 79.9. The molecule has 16 heavy (non-hydrogen) atoms. The Labute approximate surface area is 102 Å². The lowest BCUT2D eigenvalue weighted by Crippen LogP contribution is -2.46. The number of aromatic nitrogens is 3. The van der Waals surface area contributed by atoms with E-state index in [0.29, 0.717) is 26.2 Å². The fourth-order valence-corrected chi connectivity index (χ4v) is 4.08. The van der Waals surface area contributed by atoms with Crippen LogP contribution in [0.4, 0.5) is 0 Å². The summed E-state index contributed by atoms with van der Waals surface area (Å²) in [6.07, 6.45) is 0. The van der Waals surface area contributed by atoms with Crippen molar-refractivity contribution in [1.29, 1.82) is 0 Å². The Morgan fingerprint density at radius 2 is 2.00 bits per heavy atom. The summed E-state index contributed by atoms with van der Waals surface area (Å²) in [7, 11) is -1.93. The molecule has 0 aromatic carbocycles. The smallest absolute Gasteiger partial charge is 0.263 e. The first-order valence-corrected chi connectivity index (χ1v) is 7.03. The maximum atomic E-state index is 12.3. The topological polar surface area (TPSA) is 80.1 Å². The third-order valence-electron chi connectivity index (χ3n) is 2.40. The molecule has 0 unspecified atom stereocenters. The average molecular weight is 310 g/mol. The van der Waals surface area contributed by atoms with Gasteiger partial charge in [-0.2, -0.15) is 4.31 Å². The van der Waals surface area contributed by atoms with Gasteiger partial charge >= 0.3 is 0 Å². The molecule has 1 aliphatic heterocycles. The van der Waals surface area contributed by atoms with Gasteiger partial charge < -0.3 is 5.32 Å². The summed E-state index contributed by atoms with van der Waals surface area (Å²) in [4.78, 5) is 0. The maximum absolute atomic E-state index is 12.3. The van der Waals surface area contributed by atoms with Crippen molar-refractivity contribution >= 4 is 26.0 Å². The molecule has 2 rings (SSSR count). The van der Waals surface area contributed by atoms with Crippen molar-refractivity contribution in [3.05, 3.63) is 4.60 Å². The molecule has 90 valence electrons. The molecule has 0 aliphatic carbocycles. The molecule has 1 N–H and O–H groups in total. The fourth-order valence-electron chi connectivity index (χ4n) is 1.60. The van der Waals surface area contributed by atoms with Gasteiger partial charge in [0.2, 0.25) is 5.03 Å². The van der Waals surface area contributed by atoms with E-state index in [4.69, 9.17) is 0 Å². The highest BCUT2D eigenvalue weighted by Crippen LogP contribution is 2.22. The minimum absolute atomic E-state index is 0.106. The number of rotatable bonds is 2. The number of hydrogen-bond acceptors (Lipinski definition) is 5. The van der Waals surface area contributed by atoms with Crippen LogP contribution in [0.5, 0.6) is 0 Å². The monoisotopic (exact) mass is 309 g/mol. The Hall–Kier alpha value is -0.510. The summed E-state index contributed by atoms with van der Waals surface area (Å²) in [5, 5.41) is 10.6. The second-order valence-electron chi connectivity index (χ2n) is 3.46. The predicted molar refractivity (Wildman–Crippen MR) is 60.3 cm³/mol. The molecule has 1 aromatic rings. The van der Waals surface area contributed by atoms with Crippen LogP contribution in [0, 0.1) is 0 Å². The summed E-state index contributed by atoms with van der Waals surface area (Å²) in [5.41, 5.74) is 0. The minimum atomic E-state index is -3.50. The van der Waals surface area contributed by atoms with Gasteiger partial charge in [-0.15, -0.1) is 5.10 Å². The van der Waals surface area contributed by atoms with Gasteiger partial charge in [-0.25, -0.2) is 13.1 Å². The Bertz CT molecular complexity index is 459. The lowest BCUT2D eigenvalue weighted by molar-refractivity contribution is 0.356.